The molecule has 2 N–H and O–H groups in total. The molecule has 0 saturated heterocycles. The Morgan fingerprint density at radius 3 is 1.00 bits per heavy atom. The predicted molar refractivity (Wildman–Crippen MR) is 31.9 cm³/mol. The van der Waals surface area contributed by atoms with Crippen molar-refractivity contribution in [2.24, 2.45) is 0 Å². The summed E-state index contributed by atoms with van der Waals surface area (Å²) in [6.07, 6.45) is 0. The first-order valence-corrected chi connectivity index (χ1v) is 2.05. The summed E-state index contributed by atoms with van der Waals surface area (Å²) in [5.41, 5.74) is 0. The molecule has 0 aromatic heterocycles. The Hall–Kier alpha value is 0.634. The van der Waals surface area contributed by atoms with Crippen molar-refractivity contribution in [2.45, 2.75) is 13.8 Å². The van der Waals surface area contributed by atoms with Gasteiger partial charge in [-0.15, -0.1) is 0 Å². The third kappa shape index (κ3) is 523. The maximum atomic E-state index is 7.57. The van der Waals surface area contributed by atoms with Gasteiger partial charge in [0.1, 0.15) is 0 Å². The van der Waals surface area contributed by atoms with Crippen molar-refractivity contribution in [3.05, 3.63) is 7.43 Å². The van der Waals surface area contributed by atoms with Crippen molar-refractivity contribution in [3.63, 3.8) is 0 Å². The summed E-state index contributed by atoms with van der Waals surface area (Å²) < 4.78 is 0. The molecule has 52 valence electrons. The Morgan fingerprint density at radius 1 is 1.00 bits per heavy atom. The molecular formula is C5H15O2Ti-. The van der Waals surface area contributed by atoms with E-state index in [1.807, 2.05) is 0 Å². The van der Waals surface area contributed by atoms with Gasteiger partial charge in [-0.2, -0.15) is 0 Å². The monoisotopic (exact) mass is 155 g/mol. The molecule has 0 amide bonds. The van der Waals surface area contributed by atoms with Crippen LogP contribution in [0.15, 0.2) is 0 Å². The maximum Gasteiger partial charge on any atom is 0.0402 e. The second-order valence-electron chi connectivity index (χ2n) is 0.632. The molecule has 8 heavy (non-hydrogen) atoms. The van der Waals surface area contributed by atoms with Gasteiger partial charge in [-0.1, -0.05) is 0 Å². The summed E-state index contributed by atoms with van der Waals surface area (Å²) >= 11 is 0. The predicted octanol–water partition coefficient (Wildman–Crippen LogP) is 0.445. The molecule has 0 aliphatic rings. The van der Waals surface area contributed by atoms with Crippen molar-refractivity contribution in [3.8, 4) is 0 Å². The number of hydrogen-bond donors (Lipinski definition) is 2. The van der Waals surface area contributed by atoms with Crippen LogP contribution in [0.3, 0.4) is 0 Å². The van der Waals surface area contributed by atoms with Gasteiger partial charge in [0.25, 0.3) is 0 Å². The molecule has 0 aromatic carbocycles. The standard InChI is InChI=1S/2C2H6O.CH3.Ti/c2*1-2-3;;/h2*3H,2H2,1H3;1H3;/q;;-1;. The van der Waals surface area contributed by atoms with Crippen LogP contribution in [0.1, 0.15) is 13.8 Å². The summed E-state index contributed by atoms with van der Waals surface area (Å²) in [7, 11) is 0. The minimum absolute atomic E-state index is 0. The van der Waals surface area contributed by atoms with Gasteiger partial charge >= 0.3 is 0 Å². The van der Waals surface area contributed by atoms with Gasteiger partial charge in [0.15, 0.2) is 0 Å². The first-order chi connectivity index (χ1) is 2.83. The van der Waals surface area contributed by atoms with Crippen LogP contribution >= 0.6 is 0 Å². The van der Waals surface area contributed by atoms with Crippen molar-refractivity contribution >= 4 is 0 Å². The Kier molecular flexibility index (Phi) is 142. The fourth-order valence-electron chi connectivity index (χ4n) is 0. The van der Waals surface area contributed by atoms with E-state index in [-0.39, 0.29) is 42.4 Å². The van der Waals surface area contributed by atoms with Crippen LogP contribution < -0.4 is 0 Å². The molecule has 2 nitrogen and oxygen atoms in total. The van der Waals surface area contributed by atoms with Crippen LogP contribution in [-0.4, -0.2) is 23.4 Å². The van der Waals surface area contributed by atoms with Gasteiger partial charge in [0, 0.05) is 34.9 Å². The number of aliphatic hydroxyl groups excluding tert-OH is 2. The van der Waals surface area contributed by atoms with Gasteiger partial charge in [-0.05, 0) is 13.8 Å². The molecule has 0 fully saturated rings. The Labute approximate surface area is 66.8 Å². The van der Waals surface area contributed by atoms with E-state index in [0.29, 0.717) is 0 Å². The van der Waals surface area contributed by atoms with E-state index in [1.165, 1.54) is 0 Å². The molecule has 0 rings (SSSR count). The molecule has 0 aliphatic carbocycles. The SMILES string of the molecule is CCO.CCO.[CH3-].[Ti]. The fraction of sp³-hybridized carbons (Fsp3) is 0.800. The zero-order valence-corrected chi connectivity index (χ0v) is 7.37. The van der Waals surface area contributed by atoms with Crippen LogP contribution in [0, 0.1) is 7.43 Å². The summed E-state index contributed by atoms with van der Waals surface area (Å²) in [5.74, 6) is 0. The topological polar surface area (TPSA) is 40.5 Å². The van der Waals surface area contributed by atoms with Crippen LogP contribution in [0.2, 0.25) is 0 Å². The van der Waals surface area contributed by atoms with Gasteiger partial charge in [0.05, 0.1) is 0 Å². The molecule has 0 spiro atoms. The van der Waals surface area contributed by atoms with Crippen molar-refractivity contribution in [2.75, 3.05) is 13.2 Å². The smallest absolute Gasteiger partial charge is 0.0402 e. The molecule has 3 heteroatoms. The maximum absolute atomic E-state index is 7.57. The van der Waals surface area contributed by atoms with Crippen molar-refractivity contribution < 1.29 is 31.9 Å². The van der Waals surface area contributed by atoms with Gasteiger partial charge in [-0.3, -0.25) is 0 Å². The summed E-state index contributed by atoms with van der Waals surface area (Å²) in [6.45, 7) is 3.86. The number of rotatable bonds is 0. The quantitative estimate of drug-likeness (QED) is 0.393. The zero-order chi connectivity index (χ0) is 5.41. The minimum atomic E-state index is 0. The minimum Gasteiger partial charge on any atom is -0.397 e. The van der Waals surface area contributed by atoms with Crippen molar-refractivity contribution in [1.29, 1.82) is 0 Å². The molecule has 0 bridgehead atoms. The molecule has 0 saturated carbocycles. The van der Waals surface area contributed by atoms with Gasteiger partial charge in [0.2, 0.25) is 0 Å². The molecule has 0 radical (unpaired) electrons. The summed E-state index contributed by atoms with van der Waals surface area (Å²) in [6, 6.07) is 0. The van der Waals surface area contributed by atoms with Crippen LogP contribution in [0.5, 0.6) is 0 Å². The number of aliphatic hydroxyl groups is 2. The third-order valence-electron chi connectivity index (χ3n) is 0. The fourth-order valence-corrected chi connectivity index (χ4v) is 0. The van der Waals surface area contributed by atoms with E-state index in [9.17, 15) is 0 Å². The van der Waals surface area contributed by atoms with E-state index in [1.54, 1.807) is 13.8 Å². The van der Waals surface area contributed by atoms with E-state index in [2.05, 4.69) is 0 Å². The van der Waals surface area contributed by atoms with E-state index in [4.69, 9.17) is 10.2 Å². The first-order valence-electron chi connectivity index (χ1n) is 2.05. The molecule has 0 unspecified atom stereocenters. The third-order valence-corrected chi connectivity index (χ3v) is 0. The van der Waals surface area contributed by atoms with E-state index in [0.717, 1.165) is 0 Å². The molecular weight excluding hydrogens is 140 g/mol. The first kappa shape index (κ1) is 23.4. The second-order valence-corrected chi connectivity index (χ2v) is 0.632. The van der Waals surface area contributed by atoms with Crippen molar-refractivity contribution in [1.82, 2.24) is 0 Å². The average Bonchev–Trinajstić information content (AvgIpc) is 1.39. The Balaban J connectivity index is -0.0000000160. The molecule has 0 aromatic rings. The average molecular weight is 155 g/mol. The number of hydrogen-bond acceptors (Lipinski definition) is 2. The van der Waals surface area contributed by atoms with E-state index >= 15 is 0 Å². The largest absolute Gasteiger partial charge is 0.397 e. The summed E-state index contributed by atoms with van der Waals surface area (Å²) in [4.78, 5) is 0. The second kappa shape index (κ2) is 48.4. The summed E-state index contributed by atoms with van der Waals surface area (Å²) in [5, 5.41) is 15.1. The Bertz CT molecular complexity index is 12.4. The molecule has 0 aliphatic heterocycles. The normalized spacial score (nSPS) is 4.50. The van der Waals surface area contributed by atoms with Crippen LogP contribution in [-0.2, 0) is 21.7 Å². The van der Waals surface area contributed by atoms with E-state index < -0.39 is 0 Å². The van der Waals surface area contributed by atoms with Crippen LogP contribution in [0.4, 0.5) is 0 Å². The van der Waals surface area contributed by atoms with Gasteiger partial charge < -0.3 is 17.6 Å². The molecule has 0 heterocycles. The molecule has 0 atom stereocenters. The van der Waals surface area contributed by atoms with Crippen LogP contribution in [0.25, 0.3) is 0 Å². The Morgan fingerprint density at radius 2 is 1.00 bits per heavy atom. The zero-order valence-electron chi connectivity index (χ0n) is 5.81. The van der Waals surface area contributed by atoms with Gasteiger partial charge in [-0.25, -0.2) is 0 Å².